The van der Waals surface area contributed by atoms with Crippen molar-refractivity contribution in [3.63, 3.8) is 0 Å². The van der Waals surface area contributed by atoms with E-state index < -0.39 is 17.6 Å². The third-order valence-electron chi connectivity index (χ3n) is 5.03. The lowest BCUT2D eigenvalue weighted by Crippen LogP contribution is -2.47. The van der Waals surface area contributed by atoms with Crippen molar-refractivity contribution >= 4 is 29.2 Å². The Kier molecular flexibility index (Phi) is 6.10. The van der Waals surface area contributed by atoms with Gasteiger partial charge in [0.05, 0.1) is 12.1 Å². The van der Waals surface area contributed by atoms with Crippen molar-refractivity contribution in [3.05, 3.63) is 24.0 Å². The fourth-order valence-corrected chi connectivity index (χ4v) is 3.72. The molecule has 158 valence electrons. The zero-order chi connectivity index (χ0) is 21.2. The number of anilines is 2. The fourth-order valence-electron chi connectivity index (χ4n) is 3.72. The Bertz CT molecular complexity index is 806. The number of piperidine rings is 1. The van der Waals surface area contributed by atoms with E-state index in [4.69, 9.17) is 4.74 Å². The standard InChI is InChI=1S/C21H28FN3O4/c1-21(2,3)29-19(27)10-13-8-9-25(12-13)17-6-4-14(11-15(17)22)23-16-5-7-18(26)24-20(16)28/h4,6,11,13,16,23H,5,7-10,12H2,1-3H3,(H,24,26,28). The molecule has 1 aromatic carbocycles. The molecule has 2 heterocycles. The van der Waals surface area contributed by atoms with Gasteiger partial charge in [-0.2, -0.15) is 0 Å². The van der Waals surface area contributed by atoms with Crippen LogP contribution in [0.4, 0.5) is 15.8 Å². The number of benzene rings is 1. The van der Waals surface area contributed by atoms with Crippen molar-refractivity contribution in [2.45, 2.75) is 58.1 Å². The van der Waals surface area contributed by atoms with Crippen molar-refractivity contribution in [1.82, 2.24) is 5.32 Å². The monoisotopic (exact) mass is 405 g/mol. The summed E-state index contributed by atoms with van der Waals surface area (Å²) < 4.78 is 20.1. The van der Waals surface area contributed by atoms with Gasteiger partial charge in [0.1, 0.15) is 17.5 Å². The van der Waals surface area contributed by atoms with Crippen molar-refractivity contribution < 1.29 is 23.5 Å². The molecule has 2 unspecified atom stereocenters. The molecule has 0 bridgehead atoms. The minimum absolute atomic E-state index is 0.130. The lowest BCUT2D eigenvalue weighted by molar-refractivity contribution is -0.155. The van der Waals surface area contributed by atoms with E-state index in [1.807, 2.05) is 25.7 Å². The number of nitrogens with one attached hydrogen (secondary N) is 2. The molecule has 7 nitrogen and oxygen atoms in total. The van der Waals surface area contributed by atoms with Crippen LogP contribution in [-0.4, -0.2) is 42.5 Å². The highest BCUT2D eigenvalue weighted by Crippen LogP contribution is 2.30. The van der Waals surface area contributed by atoms with E-state index in [1.54, 1.807) is 12.1 Å². The van der Waals surface area contributed by atoms with Crippen LogP contribution >= 0.6 is 0 Å². The second kappa shape index (κ2) is 8.39. The summed E-state index contributed by atoms with van der Waals surface area (Å²) in [6, 6.07) is 4.21. The molecule has 2 amide bonds. The summed E-state index contributed by atoms with van der Waals surface area (Å²) >= 11 is 0. The zero-order valence-electron chi connectivity index (χ0n) is 17.1. The van der Waals surface area contributed by atoms with Gasteiger partial charge in [-0.1, -0.05) is 0 Å². The van der Waals surface area contributed by atoms with E-state index in [0.717, 1.165) is 6.42 Å². The highest BCUT2D eigenvalue weighted by molar-refractivity contribution is 6.01. The van der Waals surface area contributed by atoms with E-state index in [-0.39, 0.29) is 30.0 Å². The number of amides is 2. The first-order valence-corrected chi connectivity index (χ1v) is 9.97. The maximum Gasteiger partial charge on any atom is 0.306 e. The Morgan fingerprint density at radius 2 is 2.07 bits per heavy atom. The second-order valence-corrected chi connectivity index (χ2v) is 8.71. The Labute approximate surface area is 170 Å². The van der Waals surface area contributed by atoms with Crippen LogP contribution in [-0.2, 0) is 19.1 Å². The predicted molar refractivity (Wildman–Crippen MR) is 107 cm³/mol. The first-order valence-electron chi connectivity index (χ1n) is 9.97. The van der Waals surface area contributed by atoms with Crippen molar-refractivity contribution in [1.29, 1.82) is 0 Å². The fraction of sp³-hybridized carbons (Fsp3) is 0.571. The number of imide groups is 1. The Morgan fingerprint density at radius 1 is 1.31 bits per heavy atom. The molecular weight excluding hydrogens is 377 g/mol. The van der Waals surface area contributed by atoms with Gasteiger partial charge in [0.15, 0.2) is 0 Å². The molecule has 1 aromatic rings. The van der Waals surface area contributed by atoms with Crippen molar-refractivity contribution in [2.75, 3.05) is 23.3 Å². The summed E-state index contributed by atoms with van der Waals surface area (Å²) in [5, 5.41) is 5.26. The molecule has 2 saturated heterocycles. The number of hydrogen-bond acceptors (Lipinski definition) is 6. The van der Waals surface area contributed by atoms with Crippen LogP contribution in [0.15, 0.2) is 18.2 Å². The van der Waals surface area contributed by atoms with Crippen LogP contribution in [0.5, 0.6) is 0 Å². The summed E-state index contributed by atoms with van der Waals surface area (Å²) in [5.41, 5.74) is 0.461. The van der Waals surface area contributed by atoms with E-state index >= 15 is 0 Å². The molecule has 2 aliphatic rings. The van der Waals surface area contributed by atoms with E-state index in [2.05, 4.69) is 10.6 Å². The minimum atomic E-state index is -0.553. The first kappa shape index (κ1) is 21.1. The van der Waals surface area contributed by atoms with E-state index in [9.17, 15) is 18.8 Å². The molecule has 0 saturated carbocycles. The third kappa shape index (κ3) is 5.68. The molecule has 0 radical (unpaired) electrons. The Hall–Kier alpha value is -2.64. The lowest BCUT2D eigenvalue weighted by Gasteiger charge is -2.24. The quantitative estimate of drug-likeness (QED) is 0.578. The molecule has 0 aromatic heterocycles. The molecule has 2 aliphatic heterocycles. The normalized spacial score (nSPS) is 22.4. The molecule has 2 fully saturated rings. The number of halogens is 1. The maximum atomic E-state index is 14.7. The Morgan fingerprint density at radius 3 is 2.72 bits per heavy atom. The molecule has 29 heavy (non-hydrogen) atoms. The van der Waals surface area contributed by atoms with Gasteiger partial charge >= 0.3 is 5.97 Å². The summed E-state index contributed by atoms with van der Waals surface area (Å²) in [6.45, 7) is 6.78. The van der Waals surface area contributed by atoms with Crippen molar-refractivity contribution in [2.24, 2.45) is 5.92 Å². The topological polar surface area (TPSA) is 87.7 Å². The van der Waals surface area contributed by atoms with Gasteiger partial charge in [-0.3, -0.25) is 19.7 Å². The number of ether oxygens (including phenoxy) is 1. The Balaban J connectivity index is 1.57. The number of rotatable bonds is 5. The molecule has 2 N–H and O–H groups in total. The molecule has 8 heteroatoms. The van der Waals surface area contributed by atoms with Crippen LogP contribution < -0.4 is 15.5 Å². The number of hydrogen-bond donors (Lipinski definition) is 2. The molecular formula is C21H28FN3O4. The smallest absolute Gasteiger partial charge is 0.306 e. The zero-order valence-corrected chi connectivity index (χ0v) is 17.1. The predicted octanol–water partition coefficient (Wildman–Crippen LogP) is 2.60. The van der Waals surface area contributed by atoms with Crippen LogP contribution in [0.3, 0.4) is 0 Å². The lowest BCUT2D eigenvalue weighted by atomic mass is 10.0. The van der Waals surface area contributed by atoms with Crippen molar-refractivity contribution in [3.8, 4) is 0 Å². The summed E-state index contributed by atoms with van der Waals surface area (Å²) in [4.78, 5) is 37.0. The highest BCUT2D eigenvalue weighted by Gasteiger charge is 2.29. The SMILES string of the molecule is CC(C)(C)OC(=O)CC1CCN(c2ccc(NC3CCC(=O)NC3=O)cc2F)C1. The highest BCUT2D eigenvalue weighted by atomic mass is 19.1. The number of carbonyl (C=O) groups is 3. The maximum absolute atomic E-state index is 14.7. The summed E-state index contributed by atoms with van der Waals surface area (Å²) in [7, 11) is 0. The number of nitrogens with zero attached hydrogens (tertiary/aromatic N) is 1. The molecule has 2 atom stereocenters. The van der Waals surface area contributed by atoms with Gasteiger partial charge in [-0.15, -0.1) is 0 Å². The molecule has 3 rings (SSSR count). The largest absolute Gasteiger partial charge is 0.460 e. The molecule has 0 aliphatic carbocycles. The van der Waals surface area contributed by atoms with E-state index in [0.29, 0.717) is 37.3 Å². The number of esters is 1. The van der Waals surface area contributed by atoms with Gasteiger partial charge in [0.25, 0.3) is 0 Å². The van der Waals surface area contributed by atoms with Crippen LogP contribution in [0.2, 0.25) is 0 Å². The van der Waals surface area contributed by atoms with Crippen LogP contribution in [0.25, 0.3) is 0 Å². The summed E-state index contributed by atoms with van der Waals surface area (Å²) in [6.07, 6.45) is 1.77. The van der Waals surface area contributed by atoms with Gasteiger partial charge in [-0.05, 0) is 57.7 Å². The number of carbonyl (C=O) groups excluding carboxylic acids is 3. The van der Waals surface area contributed by atoms with Gasteiger partial charge in [0, 0.05) is 25.2 Å². The van der Waals surface area contributed by atoms with Crippen LogP contribution in [0.1, 0.15) is 46.5 Å². The average Bonchev–Trinajstić information content (AvgIpc) is 3.03. The molecule has 0 spiro atoms. The van der Waals surface area contributed by atoms with Crippen LogP contribution in [0, 0.1) is 11.7 Å². The third-order valence-corrected chi connectivity index (χ3v) is 5.03. The minimum Gasteiger partial charge on any atom is -0.460 e. The van der Waals surface area contributed by atoms with Gasteiger partial charge in [0.2, 0.25) is 11.8 Å². The summed E-state index contributed by atoms with van der Waals surface area (Å²) in [5.74, 6) is -1.17. The second-order valence-electron chi connectivity index (χ2n) is 8.71. The van der Waals surface area contributed by atoms with E-state index in [1.165, 1.54) is 6.07 Å². The van der Waals surface area contributed by atoms with Gasteiger partial charge in [-0.25, -0.2) is 4.39 Å². The average molecular weight is 405 g/mol. The van der Waals surface area contributed by atoms with Gasteiger partial charge < -0.3 is 15.0 Å². The first-order chi connectivity index (χ1) is 13.6.